The van der Waals surface area contributed by atoms with Gasteiger partial charge in [-0.15, -0.1) is 0 Å². The summed E-state index contributed by atoms with van der Waals surface area (Å²) in [5.41, 5.74) is 0.869. The number of anilines is 2. The molecule has 0 spiro atoms. The third-order valence-electron chi connectivity index (χ3n) is 3.87. The number of halogens is 2. The first-order valence-electron chi connectivity index (χ1n) is 7.86. The molecule has 0 fully saturated rings. The van der Waals surface area contributed by atoms with Crippen molar-refractivity contribution in [3.63, 3.8) is 0 Å². The van der Waals surface area contributed by atoms with Crippen molar-refractivity contribution in [3.8, 4) is 0 Å². The molecule has 3 aromatic rings. The highest BCUT2D eigenvalue weighted by atomic mass is 35.5. The number of thiazole rings is 1. The van der Waals surface area contributed by atoms with E-state index in [0.717, 1.165) is 16.6 Å². The summed E-state index contributed by atoms with van der Waals surface area (Å²) in [6, 6.07) is 11.4. The Morgan fingerprint density at radius 3 is 2.81 bits per heavy atom. The summed E-state index contributed by atoms with van der Waals surface area (Å²) >= 11 is 6.74. The van der Waals surface area contributed by atoms with E-state index in [9.17, 15) is 14.0 Å². The van der Waals surface area contributed by atoms with Crippen molar-refractivity contribution in [1.82, 2.24) is 4.98 Å². The van der Waals surface area contributed by atoms with Crippen molar-refractivity contribution in [2.75, 3.05) is 5.32 Å². The number of rotatable bonds is 3. The van der Waals surface area contributed by atoms with Crippen LogP contribution in [0.4, 0.5) is 15.9 Å². The summed E-state index contributed by atoms with van der Waals surface area (Å²) in [6.07, 6.45) is 3.32. The third kappa shape index (κ3) is 3.60. The van der Waals surface area contributed by atoms with E-state index in [1.165, 1.54) is 18.2 Å². The molecule has 2 aromatic carbocycles. The van der Waals surface area contributed by atoms with Crippen LogP contribution in [-0.4, -0.2) is 10.9 Å². The number of aromatic amines is 1. The molecule has 0 saturated carbocycles. The summed E-state index contributed by atoms with van der Waals surface area (Å²) in [4.78, 5) is 31.1. The van der Waals surface area contributed by atoms with E-state index in [2.05, 4.69) is 15.3 Å². The SMILES string of the molecule is O=C1N=c2ccccc2=C/C1=C\c1sc(=O)[nH]c1Nc1ccc(F)c(Cl)c1. The van der Waals surface area contributed by atoms with Gasteiger partial charge in [0.15, 0.2) is 0 Å². The van der Waals surface area contributed by atoms with Crippen molar-refractivity contribution in [3.05, 3.63) is 84.0 Å². The zero-order valence-electron chi connectivity index (χ0n) is 13.6. The maximum absolute atomic E-state index is 13.3. The van der Waals surface area contributed by atoms with Crippen LogP contribution in [0.1, 0.15) is 4.88 Å². The minimum Gasteiger partial charge on any atom is -0.340 e. The molecule has 1 aliphatic rings. The molecule has 1 aromatic heterocycles. The second-order valence-corrected chi connectivity index (χ2v) is 7.15. The normalized spacial score (nSPS) is 14.4. The zero-order chi connectivity index (χ0) is 19.0. The molecule has 27 heavy (non-hydrogen) atoms. The second kappa shape index (κ2) is 6.94. The summed E-state index contributed by atoms with van der Waals surface area (Å²) in [5.74, 6) is -0.531. The van der Waals surface area contributed by atoms with E-state index < -0.39 is 5.82 Å². The lowest BCUT2D eigenvalue weighted by Crippen LogP contribution is -2.29. The van der Waals surface area contributed by atoms with E-state index in [4.69, 9.17) is 11.6 Å². The number of nitrogens with one attached hydrogen (secondary N) is 2. The van der Waals surface area contributed by atoms with Crippen molar-refractivity contribution in [2.45, 2.75) is 0 Å². The van der Waals surface area contributed by atoms with Crippen LogP contribution in [0.25, 0.3) is 12.2 Å². The van der Waals surface area contributed by atoms with Gasteiger partial charge in [0.05, 0.1) is 15.3 Å². The Bertz CT molecular complexity index is 1280. The Labute approximate surface area is 161 Å². The number of para-hydroxylation sites is 1. The number of fused-ring (bicyclic) bond motifs is 1. The van der Waals surface area contributed by atoms with Crippen LogP contribution in [0.5, 0.6) is 0 Å². The van der Waals surface area contributed by atoms with Gasteiger partial charge in [-0.05, 0) is 36.4 Å². The molecule has 0 atom stereocenters. The van der Waals surface area contributed by atoms with Gasteiger partial charge in [-0.2, -0.15) is 0 Å². The first-order valence-corrected chi connectivity index (χ1v) is 9.06. The van der Waals surface area contributed by atoms with E-state index >= 15 is 0 Å². The number of amides is 1. The molecule has 134 valence electrons. The fourth-order valence-corrected chi connectivity index (χ4v) is 3.54. The maximum atomic E-state index is 13.3. The van der Waals surface area contributed by atoms with E-state index in [0.29, 0.717) is 27.3 Å². The van der Waals surface area contributed by atoms with Gasteiger partial charge >= 0.3 is 4.87 Å². The van der Waals surface area contributed by atoms with Crippen LogP contribution < -0.4 is 20.8 Å². The monoisotopic (exact) mass is 399 g/mol. The maximum Gasteiger partial charge on any atom is 0.306 e. The molecule has 8 heteroatoms. The first-order chi connectivity index (χ1) is 13.0. The molecule has 2 heterocycles. The fourth-order valence-electron chi connectivity index (χ4n) is 2.61. The average molecular weight is 400 g/mol. The molecule has 0 bridgehead atoms. The summed E-state index contributed by atoms with van der Waals surface area (Å²) in [5, 5.41) is 4.39. The van der Waals surface area contributed by atoms with Crippen LogP contribution in [0.2, 0.25) is 5.02 Å². The van der Waals surface area contributed by atoms with Gasteiger partial charge in [-0.1, -0.05) is 41.1 Å². The highest BCUT2D eigenvalue weighted by molar-refractivity contribution is 7.10. The molecule has 1 aliphatic heterocycles. The number of H-pyrrole nitrogens is 1. The highest BCUT2D eigenvalue weighted by Crippen LogP contribution is 2.26. The molecule has 0 unspecified atom stereocenters. The Hall–Kier alpha value is -3.03. The summed E-state index contributed by atoms with van der Waals surface area (Å²) in [7, 11) is 0. The quantitative estimate of drug-likeness (QED) is 0.665. The number of nitrogens with zero attached hydrogens (tertiary/aromatic N) is 1. The van der Waals surface area contributed by atoms with Crippen LogP contribution in [0.15, 0.2) is 57.8 Å². The molecular formula is C19H11ClFN3O2S. The molecule has 0 aliphatic carbocycles. The molecular weight excluding hydrogens is 389 g/mol. The summed E-state index contributed by atoms with van der Waals surface area (Å²) in [6.45, 7) is 0. The lowest BCUT2D eigenvalue weighted by atomic mass is 10.1. The van der Waals surface area contributed by atoms with Gasteiger partial charge < -0.3 is 5.32 Å². The van der Waals surface area contributed by atoms with Gasteiger partial charge in [0.25, 0.3) is 5.91 Å². The van der Waals surface area contributed by atoms with Crippen LogP contribution >= 0.6 is 22.9 Å². The Balaban J connectivity index is 1.74. The number of carbonyl (C=O) groups excluding carboxylic acids is 1. The predicted molar refractivity (Wildman–Crippen MR) is 104 cm³/mol. The minimum atomic E-state index is -0.536. The Morgan fingerprint density at radius 1 is 1.19 bits per heavy atom. The average Bonchev–Trinajstić information content (AvgIpc) is 2.98. The van der Waals surface area contributed by atoms with Crippen molar-refractivity contribution < 1.29 is 9.18 Å². The molecule has 0 saturated heterocycles. The van der Waals surface area contributed by atoms with Crippen LogP contribution in [0, 0.1) is 5.82 Å². The number of aromatic nitrogens is 1. The molecule has 1 amide bonds. The van der Waals surface area contributed by atoms with Gasteiger partial charge in [0.2, 0.25) is 0 Å². The first kappa shape index (κ1) is 17.4. The molecule has 2 N–H and O–H groups in total. The standard InChI is InChI=1S/C19H11ClFN3O2S/c20-13-9-12(5-6-14(13)21)22-17-16(27-19(26)24-17)8-11-7-10-3-1-2-4-15(10)23-18(11)25/h1-9,22H,(H,24,26)/b11-8+. The molecule has 5 nitrogen and oxygen atoms in total. The van der Waals surface area contributed by atoms with Gasteiger partial charge in [-0.25, -0.2) is 9.38 Å². The van der Waals surface area contributed by atoms with Crippen molar-refractivity contribution in [2.24, 2.45) is 4.99 Å². The lowest BCUT2D eigenvalue weighted by Gasteiger charge is -2.07. The lowest BCUT2D eigenvalue weighted by molar-refractivity contribution is -0.114. The van der Waals surface area contributed by atoms with E-state index in [-0.39, 0.29) is 15.8 Å². The minimum absolute atomic E-state index is 0.0383. The van der Waals surface area contributed by atoms with Crippen LogP contribution in [-0.2, 0) is 4.79 Å². The van der Waals surface area contributed by atoms with E-state index in [1.807, 2.05) is 18.2 Å². The Morgan fingerprint density at radius 2 is 2.00 bits per heavy atom. The fraction of sp³-hybridized carbons (Fsp3) is 0. The second-order valence-electron chi connectivity index (χ2n) is 5.73. The molecule has 4 rings (SSSR count). The number of hydrogen-bond acceptors (Lipinski definition) is 4. The predicted octanol–water partition coefficient (Wildman–Crippen LogP) is 3.00. The number of carbonyl (C=O) groups is 1. The van der Waals surface area contributed by atoms with Crippen molar-refractivity contribution in [1.29, 1.82) is 0 Å². The van der Waals surface area contributed by atoms with Gasteiger partial charge in [0, 0.05) is 16.5 Å². The largest absolute Gasteiger partial charge is 0.340 e. The Kier molecular flexibility index (Phi) is 4.47. The van der Waals surface area contributed by atoms with Gasteiger partial charge in [-0.3, -0.25) is 14.6 Å². The number of hydrogen-bond donors (Lipinski definition) is 2. The third-order valence-corrected chi connectivity index (χ3v) is 4.99. The zero-order valence-corrected chi connectivity index (χ0v) is 15.2. The number of benzene rings is 2. The van der Waals surface area contributed by atoms with Crippen LogP contribution in [0.3, 0.4) is 0 Å². The van der Waals surface area contributed by atoms with Crippen molar-refractivity contribution >= 4 is 52.5 Å². The smallest absolute Gasteiger partial charge is 0.306 e. The van der Waals surface area contributed by atoms with Gasteiger partial charge in [0.1, 0.15) is 11.6 Å². The summed E-state index contributed by atoms with van der Waals surface area (Å²) < 4.78 is 13.3. The molecule has 0 radical (unpaired) electrons. The van der Waals surface area contributed by atoms with E-state index in [1.54, 1.807) is 18.2 Å². The highest BCUT2D eigenvalue weighted by Gasteiger charge is 2.14. The topological polar surface area (TPSA) is 74.3 Å².